The van der Waals surface area contributed by atoms with Gasteiger partial charge in [0.05, 0.1) is 11.3 Å². The Labute approximate surface area is 149 Å². The highest BCUT2D eigenvalue weighted by Crippen LogP contribution is 2.30. The molecule has 1 aromatic carbocycles. The summed E-state index contributed by atoms with van der Waals surface area (Å²) in [5.41, 5.74) is 0.159. The molecule has 0 fully saturated rings. The number of nitrogens with zero attached hydrogens (tertiary/aromatic N) is 3. The third-order valence-electron chi connectivity index (χ3n) is 3.43. The lowest BCUT2D eigenvalue weighted by atomic mass is 10.2. The van der Waals surface area contributed by atoms with Crippen LogP contribution >= 0.6 is 11.8 Å². The molecule has 0 aliphatic rings. The van der Waals surface area contributed by atoms with Crippen LogP contribution in [0.3, 0.4) is 0 Å². The number of rotatable bonds is 5. The van der Waals surface area contributed by atoms with Crippen molar-refractivity contribution in [2.45, 2.75) is 17.9 Å². The molecule has 10 heteroatoms. The van der Waals surface area contributed by atoms with Gasteiger partial charge in [-0.2, -0.15) is 13.2 Å². The molecule has 136 valence electrons. The Kier molecular flexibility index (Phi) is 5.12. The summed E-state index contributed by atoms with van der Waals surface area (Å²) in [5.74, 6) is -0.742. The second-order valence-electron chi connectivity index (χ2n) is 5.32. The number of carbonyl (C=O) groups excluding carboxylic acids is 1. The van der Waals surface area contributed by atoms with Crippen molar-refractivity contribution in [1.29, 1.82) is 0 Å². The zero-order valence-corrected chi connectivity index (χ0v) is 13.9. The predicted molar refractivity (Wildman–Crippen MR) is 87.0 cm³/mol. The van der Waals surface area contributed by atoms with Crippen molar-refractivity contribution in [3.05, 3.63) is 59.5 Å². The van der Waals surface area contributed by atoms with Gasteiger partial charge in [0.15, 0.2) is 10.8 Å². The minimum atomic E-state index is -4.48. The smallest absolute Gasteiger partial charge is 0.351 e. The van der Waals surface area contributed by atoms with Gasteiger partial charge >= 0.3 is 6.18 Å². The first-order chi connectivity index (χ1) is 12.3. The summed E-state index contributed by atoms with van der Waals surface area (Å²) in [4.78, 5) is 11.9. The number of pyridine rings is 1. The minimum absolute atomic E-state index is 0.0434. The fraction of sp³-hybridized carbons (Fsp3) is 0.188. The molecule has 0 spiro atoms. The van der Waals surface area contributed by atoms with E-state index >= 15 is 0 Å². The van der Waals surface area contributed by atoms with Crippen LogP contribution in [0.2, 0.25) is 0 Å². The monoisotopic (exact) mass is 384 g/mol. The second kappa shape index (κ2) is 7.32. The third kappa shape index (κ3) is 4.31. The van der Waals surface area contributed by atoms with Crippen molar-refractivity contribution >= 4 is 23.3 Å². The molecule has 3 rings (SSSR count). The fourth-order valence-electron chi connectivity index (χ4n) is 2.12. The van der Waals surface area contributed by atoms with Crippen LogP contribution in [0, 0.1) is 5.82 Å². The van der Waals surface area contributed by atoms with E-state index in [2.05, 4.69) is 15.5 Å². The Morgan fingerprint density at radius 2 is 1.85 bits per heavy atom. The van der Waals surface area contributed by atoms with Crippen molar-refractivity contribution in [3.63, 3.8) is 0 Å². The molecular formula is C16H12F4N4OS. The molecule has 26 heavy (non-hydrogen) atoms. The van der Waals surface area contributed by atoms with E-state index < -0.39 is 11.7 Å². The topological polar surface area (TPSA) is 59.3 Å². The van der Waals surface area contributed by atoms with Gasteiger partial charge in [0.25, 0.3) is 0 Å². The SMILES string of the molecule is O=C(CSc1nnc2ccc(C(F)(F)F)cn12)NCc1ccc(F)cc1. The molecule has 1 N–H and O–H groups in total. The highest BCUT2D eigenvalue weighted by Gasteiger charge is 2.31. The van der Waals surface area contributed by atoms with E-state index in [0.717, 1.165) is 29.6 Å². The lowest BCUT2D eigenvalue weighted by molar-refractivity contribution is -0.137. The number of alkyl halides is 3. The van der Waals surface area contributed by atoms with Crippen LogP contribution in [-0.2, 0) is 17.5 Å². The van der Waals surface area contributed by atoms with E-state index in [9.17, 15) is 22.4 Å². The van der Waals surface area contributed by atoms with Crippen LogP contribution in [0.15, 0.2) is 47.8 Å². The molecule has 2 aromatic heterocycles. The molecule has 0 aliphatic heterocycles. The molecule has 5 nitrogen and oxygen atoms in total. The number of fused-ring (bicyclic) bond motifs is 1. The van der Waals surface area contributed by atoms with Crippen LogP contribution in [0.25, 0.3) is 5.65 Å². The first-order valence-corrected chi connectivity index (χ1v) is 8.37. The summed E-state index contributed by atoms with van der Waals surface area (Å²) in [5, 5.41) is 10.4. The Morgan fingerprint density at radius 3 is 2.54 bits per heavy atom. The van der Waals surface area contributed by atoms with Gasteiger partial charge in [0.2, 0.25) is 5.91 Å². The van der Waals surface area contributed by atoms with Crippen molar-refractivity contribution < 1.29 is 22.4 Å². The van der Waals surface area contributed by atoms with Gasteiger partial charge in [-0.25, -0.2) is 4.39 Å². The minimum Gasteiger partial charge on any atom is -0.351 e. The van der Waals surface area contributed by atoms with Crippen LogP contribution in [0.4, 0.5) is 17.6 Å². The van der Waals surface area contributed by atoms with Crippen LogP contribution in [-0.4, -0.2) is 26.3 Å². The predicted octanol–water partition coefficient (Wildman–Crippen LogP) is 3.30. The molecule has 0 atom stereocenters. The van der Waals surface area contributed by atoms with E-state index in [1.807, 2.05) is 0 Å². The summed E-state index contributed by atoms with van der Waals surface area (Å²) >= 11 is 0.972. The largest absolute Gasteiger partial charge is 0.417 e. The van der Waals surface area contributed by atoms with Crippen LogP contribution in [0.5, 0.6) is 0 Å². The summed E-state index contributed by atoms with van der Waals surface area (Å²) in [6.45, 7) is 0.221. The molecule has 0 aliphatic carbocycles. The van der Waals surface area contributed by atoms with Crippen molar-refractivity contribution in [2.75, 3.05) is 5.75 Å². The zero-order chi connectivity index (χ0) is 18.7. The summed E-state index contributed by atoms with van der Waals surface area (Å²) in [6.07, 6.45) is -3.58. The van der Waals surface area contributed by atoms with E-state index in [1.54, 1.807) is 12.1 Å². The molecule has 1 amide bonds. The molecule has 2 heterocycles. The zero-order valence-electron chi connectivity index (χ0n) is 13.1. The van der Waals surface area contributed by atoms with Crippen molar-refractivity contribution in [1.82, 2.24) is 19.9 Å². The summed E-state index contributed by atoms with van der Waals surface area (Å²) in [7, 11) is 0. The molecule has 3 aromatic rings. The van der Waals surface area contributed by atoms with E-state index in [0.29, 0.717) is 0 Å². The Bertz CT molecular complexity index is 924. The first-order valence-electron chi connectivity index (χ1n) is 7.39. The van der Waals surface area contributed by atoms with Gasteiger partial charge in [0, 0.05) is 12.7 Å². The lowest BCUT2D eigenvalue weighted by Gasteiger charge is -2.07. The van der Waals surface area contributed by atoms with E-state index in [-0.39, 0.29) is 34.8 Å². The molecule has 0 saturated heterocycles. The highest BCUT2D eigenvalue weighted by atomic mass is 32.2. The molecule has 0 saturated carbocycles. The highest BCUT2D eigenvalue weighted by molar-refractivity contribution is 7.99. The van der Waals surface area contributed by atoms with Gasteiger partial charge in [0.1, 0.15) is 5.82 Å². The standard InChI is InChI=1S/C16H12F4N4OS/c17-12-4-1-10(2-5-12)7-21-14(25)9-26-15-23-22-13-6-3-11(8-24(13)15)16(18,19)20/h1-6,8H,7,9H2,(H,21,25). The first kappa shape index (κ1) is 18.2. The van der Waals surface area contributed by atoms with Gasteiger partial charge in [-0.3, -0.25) is 9.20 Å². The van der Waals surface area contributed by atoms with E-state index in [1.165, 1.54) is 22.6 Å². The number of carbonyl (C=O) groups is 1. The number of nitrogens with one attached hydrogen (secondary N) is 1. The number of aromatic nitrogens is 3. The maximum absolute atomic E-state index is 12.8. The Morgan fingerprint density at radius 1 is 1.12 bits per heavy atom. The number of hydrogen-bond acceptors (Lipinski definition) is 4. The Balaban J connectivity index is 1.62. The normalized spacial score (nSPS) is 11.7. The average Bonchev–Trinajstić information content (AvgIpc) is 3.01. The average molecular weight is 384 g/mol. The number of hydrogen-bond donors (Lipinski definition) is 1. The molecule has 0 unspecified atom stereocenters. The fourth-order valence-corrected chi connectivity index (χ4v) is 2.87. The second-order valence-corrected chi connectivity index (χ2v) is 6.26. The molecule has 0 bridgehead atoms. The third-order valence-corrected chi connectivity index (χ3v) is 4.38. The number of amides is 1. The van der Waals surface area contributed by atoms with Crippen LogP contribution in [0.1, 0.15) is 11.1 Å². The summed E-state index contributed by atoms with van der Waals surface area (Å²) in [6, 6.07) is 7.82. The quantitative estimate of drug-likeness (QED) is 0.542. The number of halogens is 4. The van der Waals surface area contributed by atoms with Gasteiger partial charge in [-0.15, -0.1) is 10.2 Å². The molecular weight excluding hydrogens is 372 g/mol. The Hall–Kier alpha value is -2.62. The van der Waals surface area contributed by atoms with Crippen LogP contribution < -0.4 is 5.32 Å². The van der Waals surface area contributed by atoms with Gasteiger partial charge < -0.3 is 5.32 Å². The lowest BCUT2D eigenvalue weighted by Crippen LogP contribution is -2.24. The maximum Gasteiger partial charge on any atom is 0.417 e. The van der Waals surface area contributed by atoms with Gasteiger partial charge in [-0.1, -0.05) is 23.9 Å². The van der Waals surface area contributed by atoms with Crippen molar-refractivity contribution in [2.24, 2.45) is 0 Å². The van der Waals surface area contributed by atoms with Gasteiger partial charge in [-0.05, 0) is 29.8 Å². The summed E-state index contributed by atoms with van der Waals surface area (Å²) < 4.78 is 52.4. The maximum atomic E-state index is 12.8. The molecule has 0 radical (unpaired) electrons. The van der Waals surface area contributed by atoms with E-state index in [4.69, 9.17) is 0 Å². The number of benzene rings is 1. The number of thioether (sulfide) groups is 1. The van der Waals surface area contributed by atoms with Crippen molar-refractivity contribution in [3.8, 4) is 0 Å².